The van der Waals surface area contributed by atoms with Gasteiger partial charge in [-0.3, -0.25) is 0 Å². The van der Waals surface area contributed by atoms with Crippen LogP contribution in [0.4, 0.5) is 13.2 Å². The zero-order chi connectivity index (χ0) is 19.8. The highest BCUT2D eigenvalue weighted by molar-refractivity contribution is 7.90. The zero-order valence-corrected chi connectivity index (χ0v) is 16.0. The topological polar surface area (TPSA) is 46.2 Å². The minimum Gasteiger partial charge on any atom is -0.212 e. The standard InChI is InChI=1S/C20H22F3NO2S/c1-13(2)27(25,26)24-19-9-7-16-11-15(6-8-18(16)19)10-14-4-3-5-17(12-14)20(21,22)23/h3-6,8,11-13,19,24H,7,9-10H2,1-2H3. The Balaban J connectivity index is 1.78. The van der Waals surface area contributed by atoms with Crippen LogP contribution in [-0.2, 0) is 29.0 Å². The van der Waals surface area contributed by atoms with Gasteiger partial charge in [-0.05, 0) is 61.4 Å². The number of rotatable bonds is 5. The van der Waals surface area contributed by atoms with Gasteiger partial charge < -0.3 is 0 Å². The summed E-state index contributed by atoms with van der Waals surface area (Å²) in [5.41, 5.74) is 2.87. The summed E-state index contributed by atoms with van der Waals surface area (Å²) in [6, 6.07) is 10.8. The molecular formula is C20H22F3NO2S. The van der Waals surface area contributed by atoms with E-state index in [0.29, 0.717) is 18.4 Å². The Hall–Kier alpha value is -1.86. The fourth-order valence-electron chi connectivity index (χ4n) is 3.33. The lowest BCUT2D eigenvalue weighted by molar-refractivity contribution is -0.137. The van der Waals surface area contributed by atoms with E-state index >= 15 is 0 Å². The molecule has 1 unspecified atom stereocenters. The van der Waals surface area contributed by atoms with E-state index < -0.39 is 27.0 Å². The minimum absolute atomic E-state index is 0.241. The molecule has 0 fully saturated rings. The summed E-state index contributed by atoms with van der Waals surface area (Å²) in [5, 5.41) is -0.498. The lowest BCUT2D eigenvalue weighted by Crippen LogP contribution is -2.33. The summed E-state index contributed by atoms with van der Waals surface area (Å²) in [4.78, 5) is 0. The van der Waals surface area contributed by atoms with Crippen LogP contribution in [0.2, 0.25) is 0 Å². The maximum absolute atomic E-state index is 12.9. The predicted octanol–water partition coefficient (Wildman–Crippen LogP) is 4.61. The lowest BCUT2D eigenvalue weighted by atomic mass is 9.99. The lowest BCUT2D eigenvalue weighted by Gasteiger charge is -2.17. The summed E-state index contributed by atoms with van der Waals surface area (Å²) >= 11 is 0. The Morgan fingerprint density at radius 3 is 2.48 bits per heavy atom. The monoisotopic (exact) mass is 397 g/mol. The number of fused-ring (bicyclic) bond motifs is 1. The summed E-state index contributed by atoms with van der Waals surface area (Å²) < 4.78 is 65.6. The third-order valence-electron chi connectivity index (χ3n) is 4.87. The minimum atomic E-state index is -4.35. The van der Waals surface area contributed by atoms with Crippen LogP contribution in [0.3, 0.4) is 0 Å². The van der Waals surface area contributed by atoms with Gasteiger partial charge in [-0.1, -0.05) is 36.4 Å². The van der Waals surface area contributed by atoms with Gasteiger partial charge in [0.2, 0.25) is 10.0 Å². The van der Waals surface area contributed by atoms with Gasteiger partial charge in [0.25, 0.3) is 0 Å². The Morgan fingerprint density at radius 2 is 1.81 bits per heavy atom. The summed E-state index contributed by atoms with van der Waals surface area (Å²) in [6.45, 7) is 3.27. The van der Waals surface area contributed by atoms with Crippen LogP contribution in [0.5, 0.6) is 0 Å². The maximum atomic E-state index is 12.9. The number of aryl methyl sites for hydroxylation is 1. The van der Waals surface area contributed by atoms with Crippen molar-refractivity contribution in [2.24, 2.45) is 0 Å². The number of hydrogen-bond acceptors (Lipinski definition) is 2. The summed E-state index contributed by atoms with van der Waals surface area (Å²) in [6.07, 6.45) is -2.51. The summed E-state index contributed by atoms with van der Waals surface area (Å²) in [5.74, 6) is 0. The Morgan fingerprint density at radius 1 is 1.11 bits per heavy atom. The van der Waals surface area contributed by atoms with Gasteiger partial charge in [-0.15, -0.1) is 0 Å². The fourth-order valence-corrected chi connectivity index (χ4v) is 4.24. The van der Waals surface area contributed by atoms with Crippen molar-refractivity contribution >= 4 is 10.0 Å². The van der Waals surface area contributed by atoms with Crippen LogP contribution in [-0.4, -0.2) is 13.7 Å². The molecular weight excluding hydrogens is 375 g/mol. The molecule has 2 aromatic rings. The van der Waals surface area contributed by atoms with E-state index in [9.17, 15) is 21.6 Å². The number of hydrogen-bond donors (Lipinski definition) is 1. The molecule has 0 heterocycles. The van der Waals surface area contributed by atoms with E-state index in [1.165, 1.54) is 12.1 Å². The molecule has 0 spiro atoms. The molecule has 7 heteroatoms. The molecule has 2 aromatic carbocycles. The van der Waals surface area contributed by atoms with E-state index in [-0.39, 0.29) is 6.04 Å². The molecule has 0 aliphatic heterocycles. The third kappa shape index (κ3) is 4.52. The van der Waals surface area contributed by atoms with Gasteiger partial charge in [0, 0.05) is 6.04 Å². The number of benzene rings is 2. The van der Waals surface area contributed by atoms with Crippen LogP contribution in [0.25, 0.3) is 0 Å². The SMILES string of the molecule is CC(C)S(=O)(=O)NC1CCc2cc(Cc3cccc(C(F)(F)F)c3)ccc21. The first-order valence-electron chi connectivity index (χ1n) is 8.85. The Labute approximate surface area is 157 Å². The molecule has 0 aromatic heterocycles. The van der Waals surface area contributed by atoms with E-state index in [2.05, 4.69) is 4.72 Å². The first-order chi connectivity index (χ1) is 12.6. The molecule has 0 radical (unpaired) electrons. The van der Waals surface area contributed by atoms with E-state index in [1.54, 1.807) is 19.9 Å². The molecule has 146 valence electrons. The fraction of sp³-hybridized carbons (Fsp3) is 0.400. The molecule has 1 atom stereocenters. The van der Waals surface area contributed by atoms with E-state index in [1.807, 2.05) is 18.2 Å². The third-order valence-corrected chi connectivity index (χ3v) is 6.73. The number of nitrogens with one attached hydrogen (secondary N) is 1. The number of sulfonamides is 1. The molecule has 1 aliphatic rings. The second-order valence-corrected chi connectivity index (χ2v) is 9.48. The van der Waals surface area contributed by atoms with Crippen LogP contribution < -0.4 is 4.72 Å². The second kappa shape index (κ2) is 7.28. The zero-order valence-electron chi connectivity index (χ0n) is 15.2. The average Bonchev–Trinajstić information content (AvgIpc) is 2.96. The van der Waals surface area contributed by atoms with Crippen molar-refractivity contribution in [2.75, 3.05) is 0 Å². The highest BCUT2D eigenvalue weighted by atomic mass is 32.2. The van der Waals surface area contributed by atoms with Crippen molar-refractivity contribution in [3.8, 4) is 0 Å². The maximum Gasteiger partial charge on any atom is 0.416 e. The smallest absolute Gasteiger partial charge is 0.212 e. The van der Waals surface area contributed by atoms with E-state index in [0.717, 1.165) is 29.2 Å². The van der Waals surface area contributed by atoms with Gasteiger partial charge in [0.05, 0.1) is 10.8 Å². The molecule has 3 nitrogen and oxygen atoms in total. The molecule has 0 saturated carbocycles. The molecule has 3 rings (SSSR count). The van der Waals surface area contributed by atoms with E-state index in [4.69, 9.17) is 0 Å². The van der Waals surface area contributed by atoms with Crippen LogP contribution in [0, 0.1) is 0 Å². The highest BCUT2D eigenvalue weighted by Gasteiger charge is 2.30. The molecule has 1 N–H and O–H groups in total. The largest absolute Gasteiger partial charge is 0.416 e. The van der Waals surface area contributed by atoms with Crippen molar-refractivity contribution in [3.05, 3.63) is 70.3 Å². The second-order valence-electron chi connectivity index (χ2n) is 7.21. The van der Waals surface area contributed by atoms with Gasteiger partial charge in [0.15, 0.2) is 0 Å². The van der Waals surface area contributed by atoms with Crippen LogP contribution in [0.15, 0.2) is 42.5 Å². The van der Waals surface area contributed by atoms with Crippen LogP contribution >= 0.6 is 0 Å². The van der Waals surface area contributed by atoms with Gasteiger partial charge in [-0.25, -0.2) is 13.1 Å². The molecule has 0 bridgehead atoms. The number of halogens is 3. The van der Waals surface area contributed by atoms with Gasteiger partial charge >= 0.3 is 6.18 Å². The van der Waals surface area contributed by atoms with Crippen molar-refractivity contribution in [2.45, 2.75) is 50.6 Å². The van der Waals surface area contributed by atoms with Crippen LogP contribution in [0.1, 0.15) is 54.1 Å². The molecule has 1 aliphatic carbocycles. The van der Waals surface area contributed by atoms with Gasteiger partial charge in [-0.2, -0.15) is 13.2 Å². The molecule has 0 saturated heterocycles. The normalized spacial score (nSPS) is 17.3. The highest BCUT2D eigenvalue weighted by Crippen LogP contribution is 2.34. The Kier molecular flexibility index (Phi) is 5.36. The molecule has 0 amide bonds. The van der Waals surface area contributed by atoms with Crippen molar-refractivity contribution in [1.29, 1.82) is 0 Å². The first-order valence-corrected chi connectivity index (χ1v) is 10.4. The summed E-state index contributed by atoms with van der Waals surface area (Å²) in [7, 11) is -3.36. The Bertz CT molecular complexity index is 936. The van der Waals surface area contributed by atoms with Gasteiger partial charge in [0.1, 0.15) is 0 Å². The molecule has 27 heavy (non-hydrogen) atoms. The van der Waals surface area contributed by atoms with Crippen molar-refractivity contribution in [3.63, 3.8) is 0 Å². The number of alkyl halides is 3. The predicted molar refractivity (Wildman–Crippen MR) is 98.9 cm³/mol. The van der Waals surface area contributed by atoms with Crippen molar-refractivity contribution < 1.29 is 21.6 Å². The first kappa shape index (κ1) is 19.9. The average molecular weight is 397 g/mol. The quantitative estimate of drug-likeness (QED) is 0.801. The van der Waals surface area contributed by atoms with Crippen molar-refractivity contribution in [1.82, 2.24) is 4.72 Å².